The van der Waals surface area contributed by atoms with E-state index < -0.39 is 0 Å². The maximum atomic E-state index is 5.88. The SMILES string of the molecule is C#CC(CC)Nc1nc(Cl)nc2ccccc12. The van der Waals surface area contributed by atoms with Crippen LogP contribution in [0.1, 0.15) is 13.3 Å². The van der Waals surface area contributed by atoms with Gasteiger partial charge >= 0.3 is 0 Å². The van der Waals surface area contributed by atoms with Gasteiger partial charge < -0.3 is 5.32 Å². The Labute approximate surface area is 105 Å². The van der Waals surface area contributed by atoms with Crippen LogP contribution in [0.4, 0.5) is 5.82 Å². The van der Waals surface area contributed by atoms with Gasteiger partial charge in [-0.1, -0.05) is 25.0 Å². The van der Waals surface area contributed by atoms with Crippen LogP contribution in [0.15, 0.2) is 24.3 Å². The largest absolute Gasteiger partial charge is 0.356 e. The fourth-order valence-corrected chi connectivity index (χ4v) is 1.76. The van der Waals surface area contributed by atoms with Crippen molar-refractivity contribution in [2.45, 2.75) is 19.4 Å². The summed E-state index contributed by atoms with van der Waals surface area (Å²) in [6.45, 7) is 2.02. The second kappa shape index (κ2) is 5.03. The van der Waals surface area contributed by atoms with Crippen molar-refractivity contribution in [1.82, 2.24) is 9.97 Å². The highest BCUT2D eigenvalue weighted by molar-refractivity contribution is 6.28. The number of anilines is 1. The summed E-state index contributed by atoms with van der Waals surface area (Å²) in [7, 11) is 0. The molecular weight excluding hydrogens is 234 g/mol. The molecule has 1 atom stereocenters. The van der Waals surface area contributed by atoms with E-state index in [1.165, 1.54) is 0 Å². The molecule has 0 bridgehead atoms. The lowest BCUT2D eigenvalue weighted by Gasteiger charge is -2.13. The van der Waals surface area contributed by atoms with Gasteiger partial charge in [-0.25, -0.2) is 9.97 Å². The van der Waals surface area contributed by atoms with Crippen LogP contribution in [-0.2, 0) is 0 Å². The van der Waals surface area contributed by atoms with E-state index in [0.717, 1.165) is 17.3 Å². The molecule has 0 saturated carbocycles. The Bertz CT molecular complexity index is 574. The zero-order chi connectivity index (χ0) is 12.3. The van der Waals surface area contributed by atoms with Crippen molar-refractivity contribution in [2.75, 3.05) is 5.32 Å². The third kappa shape index (κ3) is 2.48. The number of terminal acetylenes is 1. The first-order chi connectivity index (χ1) is 8.24. The minimum atomic E-state index is -0.0515. The van der Waals surface area contributed by atoms with E-state index in [9.17, 15) is 0 Å². The lowest BCUT2D eigenvalue weighted by Crippen LogP contribution is -2.17. The number of hydrogen-bond donors (Lipinski definition) is 1. The van der Waals surface area contributed by atoms with Gasteiger partial charge in [0.05, 0.1) is 11.6 Å². The molecule has 2 aromatic rings. The highest BCUT2D eigenvalue weighted by atomic mass is 35.5. The van der Waals surface area contributed by atoms with Crippen molar-refractivity contribution in [3.05, 3.63) is 29.5 Å². The van der Waals surface area contributed by atoms with Crippen LogP contribution in [0.25, 0.3) is 10.9 Å². The van der Waals surface area contributed by atoms with Crippen molar-refractivity contribution in [1.29, 1.82) is 0 Å². The van der Waals surface area contributed by atoms with Gasteiger partial charge in [0.25, 0.3) is 0 Å². The highest BCUT2D eigenvalue weighted by Gasteiger charge is 2.09. The number of fused-ring (bicyclic) bond motifs is 1. The third-order valence-electron chi connectivity index (χ3n) is 2.50. The third-order valence-corrected chi connectivity index (χ3v) is 2.67. The van der Waals surface area contributed by atoms with E-state index in [2.05, 4.69) is 21.2 Å². The van der Waals surface area contributed by atoms with Gasteiger partial charge in [-0.15, -0.1) is 6.42 Å². The van der Waals surface area contributed by atoms with Crippen LogP contribution < -0.4 is 5.32 Å². The summed E-state index contributed by atoms with van der Waals surface area (Å²) in [4.78, 5) is 8.34. The number of para-hydroxylation sites is 1. The summed E-state index contributed by atoms with van der Waals surface area (Å²) < 4.78 is 0. The Morgan fingerprint density at radius 2 is 2.18 bits per heavy atom. The molecule has 0 spiro atoms. The van der Waals surface area contributed by atoms with E-state index in [4.69, 9.17) is 18.0 Å². The molecular formula is C13H12ClN3. The lowest BCUT2D eigenvalue weighted by atomic mass is 10.2. The molecule has 0 aliphatic rings. The van der Waals surface area contributed by atoms with Gasteiger partial charge in [0.1, 0.15) is 5.82 Å². The topological polar surface area (TPSA) is 37.8 Å². The number of nitrogens with one attached hydrogen (secondary N) is 1. The number of aromatic nitrogens is 2. The first-order valence-electron chi connectivity index (χ1n) is 5.39. The molecule has 0 aliphatic heterocycles. The molecule has 17 heavy (non-hydrogen) atoms. The smallest absolute Gasteiger partial charge is 0.224 e. The molecule has 1 N–H and O–H groups in total. The van der Waals surface area contributed by atoms with Crippen LogP contribution in [0.3, 0.4) is 0 Å². The van der Waals surface area contributed by atoms with Gasteiger partial charge in [0.15, 0.2) is 0 Å². The van der Waals surface area contributed by atoms with E-state index in [1.807, 2.05) is 31.2 Å². The van der Waals surface area contributed by atoms with Gasteiger partial charge in [0.2, 0.25) is 5.28 Å². The fourth-order valence-electron chi connectivity index (χ4n) is 1.58. The molecule has 1 aromatic carbocycles. The van der Waals surface area contributed by atoms with Crippen molar-refractivity contribution < 1.29 is 0 Å². The predicted molar refractivity (Wildman–Crippen MR) is 71.1 cm³/mol. The summed E-state index contributed by atoms with van der Waals surface area (Å²) in [6.07, 6.45) is 6.25. The van der Waals surface area contributed by atoms with Gasteiger partial charge in [-0.3, -0.25) is 0 Å². The predicted octanol–water partition coefficient (Wildman–Crippen LogP) is 3.11. The van der Waals surface area contributed by atoms with Crippen LogP contribution in [0, 0.1) is 12.3 Å². The average Bonchev–Trinajstić information content (AvgIpc) is 2.35. The monoisotopic (exact) mass is 245 g/mol. The first kappa shape index (κ1) is 11.7. The minimum absolute atomic E-state index is 0.0515. The Morgan fingerprint density at radius 3 is 2.88 bits per heavy atom. The zero-order valence-corrected chi connectivity index (χ0v) is 10.2. The standard InChI is InChI=1S/C13H12ClN3/c1-3-9(4-2)15-12-10-7-5-6-8-11(10)16-13(14)17-12/h1,5-9H,4H2,2H3,(H,15,16,17). The highest BCUT2D eigenvalue weighted by Crippen LogP contribution is 2.22. The molecule has 1 heterocycles. The molecule has 0 radical (unpaired) electrons. The summed E-state index contributed by atoms with van der Waals surface area (Å²) in [5.41, 5.74) is 0.807. The van der Waals surface area contributed by atoms with Gasteiger partial charge in [-0.2, -0.15) is 0 Å². The summed E-state index contributed by atoms with van der Waals surface area (Å²) in [6, 6.07) is 7.63. The van der Waals surface area contributed by atoms with Crippen LogP contribution in [-0.4, -0.2) is 16.0 Å². The molecule has 0 aliphatic carbocycles. The molecule has 2 rings (SSSR count). The van der Waals surface area contributed by atoms with E-state index >= 15 is 0 Å². The van der Waals surface area contributed by atoms with Crippen LogP contribution >= 0.6 is 11.6 Å². The maximum absolute atomic E-state index is 5.88. The van der Waals surface area contributed by atoms with Crippen molar-refractivity contribution >= 4 is 28.3 Å². The molecule has 3 nitrogen and oxygen atoms in total. The summed E-state index contributed by atoms with van der Waals surface area (Å²) in [5, 5.41) is 4.33. The Morgan fingerprint density at radius 1 is 1.41 bits per heavy atom. The Balaban J connectivity index is 2.49. The number of halogens is 1. The number of hydrogen-bond acceptors (Lipinski definition) is 3. The average molecular weight is 246 g/mol. The molecule has 86 valence electrons. The normalized spacial score (nSPS) is 12.1. The van der Waals surface area contributed by atoms with Crippen molar-refractivity contribution in [2.24, 2.45) is 0 Å². The fraction of sp³-hybridized carbons (Fsp3) is 0.231. The quantitative estimate of drug-likeness (QED) is 0.667. The van der Waals surface area contributed by atoms with Crippen molar-refractivity contribution in [3.8, 4) is 12.3 Å². The second-order valence-corrected chi connectivity index (χ2v) is 3.97. The second-order valence-electron chi connectivity index (χ2n) is 3.63. The van der Waals surface area contributed by atoms with E-state index in [1.54, 1.807) is 0 Å². The molecule has 1 unspecified atom stereocenters. The number of benzene rings is 1. The molecule has 0 amide bonds. The maximum Gasteiger partial charge on any atom is 0.224 e. The van der Waals surface area contributed by atoms with E-state index in [0.29, 0.717) is 5.82 Å². The molecule has 0 fully saturated rings. The number of rotatable bonds is 3. The number of nitrogens with zero attached hydrogens (tertiary/aromatic N) is 2. The first-order valence-corrected chi connectivity index (χ1v) is 5.77. The molecule has 1 aromatic heterocycles. The summed E-state index contributed by atoms with van der Waals surface area (Å²) in [5.74, 6) is 3.36. The van der Waals surface area contributed by atoms with E-state index in [-0.39, 0.29) is 11.3 Å². The molecule has 4 heteroatoms. The van der Waals surface area contributed by atoms with Crippen LogP contribution in [0.5, 0.6) is 0 Å². The van der Waals surface area contributed by atoms with Crippen molar-refractivity contribution in [3.63, 3.8) is 0 Å². The zero-order valence-electron chi connectivity index (χ0n) is 9.44. The lowest BCUT2D eigenvalue weighted by molar-refractivity contribution is 0.852. The molecule has 0 saturated heterocycles. The Hall–Kier alpha value is -1.79. The van der Waals surface area contributed by atoms with Gasteiger partial charge in [-0.05, 0) is 30.2 Å². The van der Waals surface area contributed by atoms with Gasteiger partial charge in [0, 0.05) is 5.39 Å². The van der Waals surface area contributed by atoms with Crippen LogP contribution in [0.2, 0.25) is 5.28 Å². The summed E-state index contributed by atoms with van der Waals surface area (Å²) >= 11 is 5.88. The Kier molecular flexibility index (Phi) is 3.46. The minimum Gasteiger partial charge on any atom is -0.356 e.